The number of morpholine rings is 1. The Kier molecular flexibility index (Phi) is 5.87. The Balaban J connectivity index is 1.48. The van der Waals surface area contributed by atoms with Gasteiger partial charge in [-0.05, 0) is 42.5 Å². The van der Waals surface area contributed by atoms with Gasteiger partial charge in [0, 0.05) is 31.6 Å². The summed E-state index contributed by atoms with van der Waals surface area (Å²) in [4.78, 5) is 26.1. The van der Waals surface area contributed by atoms with Gasteiger partial charge >= 0.3 is 0 Å². The van der Waals surface area contributed by atoms with Crippen molar-refractivity contribution in [2.45, 2.75) is 13.0 Å². The summed E-state index contributed by atoms with van der Waals surface area (Å²) >= 11 is 0. The van der Waals surface area contributed by atoms with E-state index in [9.17, 15) is 13.6 Å². The monoisotopic (exact) mass is 452 g/mol. The number of anilines is 1. The van der Waals surface area contributed by atoms with Crippen LogP contribution in [0.15, 0.2) is 48.5 Å². The van der Waals surface area contributed by atoms with Crippen molar-refractivity contribution in [2.75, 3.05) is 37.7 Å². The lowest BCUT2D eigenvalue weighted by Crippen LogP contribution is -2.39. The second-order valence-corrected chi connectivity index (χ2v) is 7.90. The molecule has 3 heterocycles. The van der Waals surface area contributed by atoms with Gasteiger partial charge in [0.25, 0.3) is 5.91 Å². The van der Waals surface area contributed by atoms with Gasteiger partial charge in [-0.15, -0.1) is 0 Å². The number of ether oxygens (including phenoxy) is 2. The fraction of sp³-hybridized carbons (Fsp3) is 0.292. The maximum Gasteiger partial charge on any atom is 0.254 e. The number of hydrogen-bond acceptors (Lipinski definition) is 6. The summed E-state index contributed by atoms with van der Waals surface area (Å²) in [5.74, 6) is 0.192. The highest BCUT2D eigenvalue weighted by Crippen LogP contribution is 2.32. The minimum Gasteiger partial charge on any atom is -0.438 e. The number of hydrogen-bond donors (Lipinski definition) is 0. The summed E-state index contributed by atoms with van der Waals surface area (Å²) in [5, 5.41) is 0. The van der Waals surface area contributed by atoms with Crippen molar-refractivity contribution in [3.8, 4) is 11.6 Å². The Bertz CT molecular complexity index is 1170. The zero-order valence-electron chi connectivity index (χ0n) is 17.8. The molecule has 0 saturated carbocycles. The lowest BCUT2D eigenvalue weighted by molar-refractivity contribution is 0.0731. The number of fused-ring (bicyclic) bond motifs is 1. The van der Waals surface area contributed by atoms with Gasteiger partial charge in [0.2, 0.25) is 11.8 Å². The standard InChI is InChI=1S/C24H22F2N4O3/c25-17-4-6-19(7-5-17)33-22-20-15-30(23(31)16-2-1-3-18(26)14-16)9-8-21(20)27-24(28-22)29-10-12-32-13-11-29/h1-7,14H,8-13,15H2. The fourth-order valence-corrected chi connectivity index (χ4v) is 3.95. The van der Waals surface area contributed by atoms with Gasteiger partial charge in [-0.25, -0.2) is 13.8 Å². The number of carbonyl (C=O) groups excluding carboxylic acids is 1. The summed E-state index contributed by atoms with van der Waals surface area (Å²) in [7, 11) is 0. The highest BCUT2D eigenvalue weighted by Gasteiger charge is 2.29. The molecule has 0 unspecified atom stereocenters. The third kappa shape index (κ3) is 4.63. The molecule has 9 heteroatoms. The molecule has 5 rings (SSSR count). The summed E-state index contributed by atoms with van der Waals surface area (Å²) in [6, 6.07) is 11.3. The average Bonchev–Trinajstić information content (AvgIpc) is 2.85. The number of aromatic nitrogens is 2. The first kappa shape index (κ1) is 21.3. The molecule has 170 valence electrons. The number of amides is 1. The number of benzene rings is 2. The van der Waals surface area contributed by atoms with Crippen LogP contribution >= 0.6 is 0 Å². The van der Waals surface area contributed by atoms with Crippen LogP contribution in [0.4, 0.5) is 14.7 Å². The quantitative estimate of drug-likeness (QED) is 0.603. The maximum atomic E-state index is 13.6. The Morgan fingerprint density at radius 2 is 1.76 bits per heavy atom. The van der Waals surface area contributed by atoms with Gasteiger partial charge < -0.3 is 19.3 Å². The summed E-state index contributed by atoms with van der Waals surface area (Å²) in [5.41, 5.74) is 1.77. The summed E-state index contributed by atoms with van der Waals surface area (Å²) < 4.78 is 38.5. The van der Waals surface area contributed by atoms with Crippen LogP contribution in [0, 0.1) is 11.6 Å². The third-order valence-electron chi connectivity index (χ3n) is 5.69. The molecule has 1 saturated heterocycles. The van der Waals surface area contributed by atoms with E-state index in [0.717, 1.165) is 5.69 Å². The number of rotatable bonds is 4. The van der Waals surface area contributed by atoms with Crippen molar-refractivity contribution in [3.05, 3.63) is 77.0 Å². The minimum absolute atomic E-state index is 0.227. The van der Waals surface area contributed by atoms with Crippen LogP contribution in [0.5, 0.6) is 11.6 Å². The molecule has 1 aromatic heterocycles. The van der Waals surface area contributed by atoms with Crippen molar-refractivity contribution >= 4 is 11.9 Å². The normalized spacial score (nSPS) is 15.8. The van der Waals surface area contributed by atoms with Crippen LogP contribution in [0.2, 0.25) is 0 Å². The maximum absolute atomic E-state index is 13.6. The Morgan fingerprint density at radius 1 is 0.970 bits per heavy atom. The van der Waals surface area contributed by atoms with E-state index in [0.29, 0.717) is 62.4 Å². The molecule has 2 aromatic carbocycles. The van der Waals surface area contributed by atoms with E-state index < -0.39 is 5.82 Å². The number of halogens is 2. The minimum atomic E-state index is -0.461. The first-order chi connectivity index (χ1) is 16.1. The highest BCUT2D eigenvalue weighted by atomic mass is 19.1. The van der Waals surface area contributed by atoms with Crippen LogP contribution in [-0.2, 0) is 17.7 Å². The van der Waals surface area contributed by atoms with Gasteiger partial charge in [0.05, 0.1) is 31.0 Å². The van der Waals surface area contributed by atoms with Gasteiger partial charge in [0.15, 0.2) is 0 Å². The molecule has 2 aliphatic rings. The van der Waals surface area contributed by atoms with Crippen molar-refractivity contribution in [3.63, 3.8) is 0 Å². The van der Waals surface area contributed by atoms with Crippen molar-refractivity contribution < 1.29 is 23.0 Å². The van der Waals surface area contributed by atoms with Crippen molar-refractivity contribution in [1.82, 2.24) is 14.9 Å². The molecule has 0 aliphatic carbocycles. The van der Waals surface area contributed by atoms with Crippen LogP contribution in [-0.4, -0.2) is 53.6 Å². The second kappa shape index (κ2) is 9.11. The molecule has 0 bridgehead atoms. The largest absolute Gasteiger partial charge is 0.438 e. The molecule has 0 N–H and O–H groups in total. The fourth-order valence-electron chi connectivity index (χ4n) is 3.95. The topological polar surface area (TPSA) is 67.8 Å². The summed E-state index contributed by atoms with van der Waals surface area (Å²) in [6.45, 7) is 3.18. The molecule has 0 spiro atoms. The molecule has 7 nitrogen and oxygen atoms in total. The molecular formula is C24H22F2N4O3. The van der Waals surface area contributed by atoms with E-state index in [4.69, 9.17) is 14.5 Å². The molecule has 1 amide bonds. The molecule has 33 heavy (non-hydrogen) atoms. The van der Waals surface area contributed by atoms with E-state index in [1.54, 1.807) is 11.0 Å². The third-order valence-corrected chi connectivity index (χ3v) is 5.69. The molecule has 2 aliphatic heterocycles. The predicted octanol–water partition coefficient (Wildman–Crippen LogP) is 3.58. The Labute approximate surface area is 189 Å². The lowest BCUT2D eigenvalue weighted by Gasteiger charge is -2.32. The Morgan fingerprint density at radius 3 is 2.52 bits per heavy atom. The van der Waals surface area contributed by atoms with E-state index in [2.05, 4.69) is 4.98 Å². The smallest absolute Gasteiger partial charge is 0.254 e. The average molecular weight is 452 g/mol. The first-order valence-electron chi connectivity index (χ1n) is 10.8. The van der Waals surface area contributed by atoms with Crippen molar-refractivity contribution in [2.24, 2.45) is 0 Å². The molecule has 3 aromatic rings. The Hall–Kier alpha value is -3.59. The van der Waals surface area contributed by atoms with Crippen LogP contribution in [0.3, 0.4) is 0 Å². The SMILES string of the molecule is O=C(c1cccc(F)c1)N1CCc2nc(N3CCOCC3)nc(Oc3ccc(F)cc3)c2C1. The molecular weight excluding hydrogens is 430 g/mol. The van der Waals surface area contributed by atoms with Crippen LogP contribution in [0.1, 0.15) is 21.6 Å². The van der Waals surface area contributed by atoms with E-state index in [1.165, 1.54) is 42.5 Å². The van der Waals surface area contributed by atoms with Gasteiger partial charge in [-0.1, -0.05) is 6.07 Å². The van der Waals surface area contributed by atoms with Crippen LogP contribution < -0.4 is 9.64 Å². The van der Waals surface area contributed by atoms with E-state index >= 15 is 0 Å². The molecule has 0 atom stereocenters. The zero-order chi connectivity index (χ0) is 22.8. The summed E-state index contributed by atoms with van der Waals surface area (Å²) in [6.07, 6.45) is 0.510. The number of carbonyl (C=O) groups is 1. The second-order valence-electron chi connectivity index (χ2n) is 7.90. The zero-order valence-corrected chi connectivity index (χ0v) is 17.8. The van der Waals surface area contributed by atoms with Gasteiger partial charge in [0.1, 0.15) is 17.4 Å². The predicted molar refractivity (Wildman–Crippen MR) is 116 cm³/mol. The molecule has 0 radical (unpaired) electrons. The van der Waals surface area contributed by atoms with Crippen molar-refractivity contribution in [1.29, 1.82) is 0 Å². The van der Waals surface area contributed by atoms with E-state index in [-0.39, 0.29) is 23.8 Å². The lowest BCUT2D eigenvalue weighted by atomic mass is 10.0. The first-order valence-corrected chi connectivity index (χ1v) is 10.8. The van der Waals surface area contributed by atoms with Gasteiger partial charge in [-0.2, -0.15) is 4.98 Å². The van der Waals surface area contributed by atoms with Gasteiger partial charge in [-0.3, -0.25) is 4.79 Å². The van der Waals surface area contributed by atoms with Crippen LogP contribution in [0.25, 0.3) is 0 Å². The highest BCUT2D eigenvalue weighted by molar-refractivity contribution is 5.94. The van der Waals surface area contributed by atoms with E-state index in [1.807, 2.05) is 4.90 Å². The number of nitrogens with zero attached hydrogens (tertiary/aromatic N) is 4. The molecule has 1 fully saturated rings.